The predicted molar refractivity (Wildman–Crippen MR) is 125 cm³/mol. The van der Waals surface area contributed by atoms with Crippen molar-refractivity contribution in [1.82, 2.24) is 4.98 Å². The lowest BCUT2D eigenvalue weighted by molar-refractivity contribution is 0.354. The third-order valence-corrected chi connectivity index (χ3v) is 5.74. The van der Waals surface area contributed by atoms with Crippen LogP contribution in [0.3, 0.4) is 0 Å². The average molecular weight is 425 g/mol. The van der Waals surface area contributed by atoms with Gasteiger partial charge in [0.1, 0.15) is 5.75 Å². The molecule has 0 amide bonds. The minimum absolute atomic E-state index is 0.0866. The minimum atomic E-state index is 0.0866. The fourth-order valence-corrected chi connectivity index (χ4v) is 4.14. The zero-order valence-electron chi connectivity index (χ0n) is 18.0. The normalized spacial score (nSPS) is 14.0. The molecule has 1 N–H and O–H groups in total. The van der Waals surface area contributed by atoms with Gasteiger partial charge in [0.2, 0.25) is 5.88 Å². The number of fused-ring (bicyclic) bond motifs is 2. The van der Waals surface area contributed by atoms with E-state index in [9.17, 15) is 0 Å². The van der Waals surface area contributed by atoms with E-state index in [1.165, 1.54) is 5.56 Å². The lowest BCUT2D eigenvalue weighted by Gasteiger charge is -2.27. The Morgan fingerprint density at radius 3 is 2.44 bits per heavy atom. The Balaban J connectivity index is 1.38. The van der Waals surface area contributed by atoms with E-state index in [2.05, 4.69) is 52.8 Å². The molecule has 0 saturated carbocycles. The van der Waals surface area contributed by atoms with Gasteiger partial charge in [-0.25, -0.2) is 4.98 Å². The molecule has 0 aliphatic carbocycles. The largest absolute Gasteiger partial charge is 0.493 e. The van der Waals surface area contributed by atoms with Gasteiger partial charge in [0.15, 0.2) is 11.5 Å². The molecule has 0 radical (unpaired) electrons. The lowest BCUT2D eigenvalue weighted by atomic mass is 9.84. The number of ether oxygens (including phenoxy) is 3. The quantitative estimate of drug-likeness (QED) is 0.362. The van der Waals surface area contributed by atoms with Crippen LogP contribution in [-0.4, -0.2) is 19.2 Å². The SMILES string of the molecule is COc1ccc(CNc2ccc(C3c4ccccc4Oc4ncccc43)cc2)cc1OC. The number of hydrogen-bond acceptors (Lipinski definition) is 5. The number of nitrogens with zero attached hydrogens (tertiary/aromatic N) is 1. The first-order chi connectivity index (χ1) is 15.8. The molecule has 0 bridgehead atoms. The van der Waals surface area contributed by atoms with Crippen molar-refractivity contribution in [1.29, 1.82) is 0 Å². The van der Waals surface area contributed by atoms with Gasteiger partial charge in [0, 0.05) is 35.5 Å². The summed E-state index contributed by atoms with van der Waals surface area (Å²) in [7, 11) is 3.29. The molecule has 3 aromatic carbocycles. The molecule has 4 aromatic rings. The molecular formula is C27H24N2O3. The number of methoxy groups -OCH3 is 2. The highest BCUT2D eigenvalue weighted by atomic mass is 16.5. The summed E-state index contributed by atoms with van der Waals surface area (Å²) >= 11 is 0. The maximum absolute atomic E-state index is 6.03. The standard InChI is InChI=1S/C27H24N2O3/c1-30-24-14-9-18(16-25(24)31-2)17-29-20-12-10-19(11-13-20)26-21-6-3-4-8-23(21)32-27-22(26)7-5-15-28-27/h3-16,26,29H,17H2,1-2H3. The maximum Gasteiger partial charge on any atom is 0.223 e. The molecule has 0 fully saturated rings. The molecule has 1 unspecified atom stereocenters. The number of benzene rings is 3. The number of anilines is 1. The Bertz CT molecular complexity index is 1190. The molecule has 5 rings (SSSR count). The maximum atomic E-state index is 6.03. The van der Waals surface area contributed by atoms with E-state index in [-0.39, 0.29) is 5.92 Å². The summed E-state index contributed by atoms with van der Waals surface area (Å²) in [5.41, 5.74) is 5.60. The van der Waals surface area contributed by atoms with Gasteiger partial charge in [0.25, 0.3) is 0 Å². The molecule has 1 aromatic heterocycles. The van der Waals surface area contributed by atoms with Crippen molar-refractivity contribution in [2.75, 3.05) is 19.5 Å². The van der Waals surface area contributed by atoms with E-state index in [0.29, 0.717) is 12.4 Å². The Morgan fingerprint density at radius 1 is 0.844 bits per heavy atom. The fourth-order valence-electron chi connectivity index (χ4n) is 4.14. The molecule has 1 aliphatic heterocycles. The summed E-state index contributed by atoms with van der Waals surface area (Å²) in [5.74, 6) is 3.08. The number of para-hydroxylation sites is 1. The second-order valence-electron chi connectivity index (χ2n) is 7.64. The smallest absolute Gasteiger partial charge is 0.223 e. The summed E-state index contributed by atoms with van der Waals surface area (Å²) in [6, 6.07) is 26.7. The van der Waals surface area contributed by atoms with Gasteiger partial charge in [-0.1, -0.05) is 42.5 Å². The van der Waals surface area contributed by atoms with Crippen LogP contribution in [0, 0.1) is 0 Å². The zero-order valence-corrected chi connectivity index (χ0v) is 18.0. The molecule has 0 spiro atoms. The number of aromatic nitrogens is 1. The van der Waals surface area contributed by atoms with Crippen LogP contribution in [0.2, 0.25) is 0 Å². The molecular weight excluding hydrogens is 400 g/mol. The van der Waals surface area contributed by atoms with Crippen molar-refractivity contribution >= 4 is 5.69 Å². The van der Waals surface area contributed by atoms with Gasteiger partial charge in [-0.3, -0.25) is 0 Å². The first kappa shape index (κ1) is 19.9. The van der Waals surface area contributed by atoms with E-state index >= 15 is 0 Å². The van der Waals surface area contributed by atoms with Gasteiger partial charge in [0.05, 0.1) is 14.2 Å². The Labute approximate surface area is 187 Å². The summed E-state index contributed by atoms with van der Waals surface area (Å²) < 4.78 is 16.8. The number of pyridine rings is 1. The van der Waals surface area contributed by atoms with Crippen LogP contribution >= 0.6 is 0 Å². The van der Waals surface area contributed by atoms with Gasteiger partial charge < -0.3 is 19.5 Å². The highest BCUT2D eigenvalue weighted by Gasteiger charge is 2.28. The fraction of sp³-hybridized carbons (Fsp3) is 0.148. The van der Waals surface area contributed by atoms with Crippen LogP contribution in [0.1, 0.15) is 28.2 Å². The van der Waals surface area contributed by atoms with Crippen molar-refractivity contribution in [3.05, 3.63) is 107 Å². The molecule has 1 aliphatic rings. The first-order valence-corrected chi connectivity index (χ1v) is 10.5. The van der Waals surface area contributed by atoms with Gasteiger partial charge in [-0.15, -0.1) is 0 Å². The summed E-state index contributed by atoms with van der Waals surface area (Å²) in [4.78, 5) is 4.45. The number of hydrogen-bond donors (Lipinski definition) is 1. The van der Waals surface area contributed by atoms with Crippen molar-refractivity contribution in [3.8, 4) is 23.1 Å². The third-order valence-electron chi connectivity index (χ3n) is 5.74. The van der Waals surface area contributed by atoms with Crippen LogP contribution < -0.4 is 19.5 Å². The van der Waals surface area contributed by atoms with Gasteiger partial charge in [-0.05, 0) is 47.5 Å². The van der Waals surface area contributed by atoms with Crippen molar-refractivity contribution in [2.45, 2.75) is 12.5 Å². The zero-order chi connectivity index (χ0) is 21.9. The van der Waals surface area contributed by atoms with Gasteiger partial charge in [-0.2, -0.15) is 0 Å². The summed E-state index contributed by atoms with van der Waals surface area (Å²) in [6.45, 7) is 0.687. The van der Waals surface area contributed by atoms with E-state index < -0.39 is 0 Å². The van der Waals surface area contributed by atoms with E-state index in [0.717, 1.165) is 39.6 Å². The molecule has 5 nitrogen and oxygen atoms in total. The van der Waals surface area contributed by atoms with E-state index in [1.807, 2.05) is 36.4 Å². The highest BCUT2D eigenvalue weighted by Crippen LogP contribution is 2.46. The summed E-state index contributed by atoms with van der Waals surface area (Å²) in [5, 5.41) is 3.48. The van der Waals surface area contributed by atoms with Crippen LogP contribution in [-0.2, 0) is 6.54 Å². The molecule has 160 valence electrons. The second kappa shape index (κ2) is 8.63. The Morgan fingerprint density at radius 2 is 1.62 bits per heavy atom. The lowest BCUT2D eigenvalue weighted by Crippen LogP contribution is -2.12. The predicted octanol–water partition coefficient (Wildman–Crippen LogP) is 6.00. The first-order valence-electron chi connectivity index (χ1n) is 10.5. The Hall–Kier alpha value is -3.99. The second-order valence-corrected chi connectivity index (χ2v) is 7.64. The minimum Gasteiger partial charge on any atom is -0.493 e. The van der Waals surface area contributed by atoms with Crippen LogP contribution in [0.5, 0.6) is 23.1 Å². The van der Waals surface area contributed by atoms with Crippen molar-refractivity contribution in [2.24, 2.45) is 0 Å². The van der Waals surface area contributed by atoms with Crippen LogP contribution in [0.4, 0.5) is 5.69 Å². The molecule has 5 heteroatoms. The van der Waals surface area contributed by atoms with E-state index in [4.69, 9.17) is 14.2 Å². The van der Waals surface area contributed by atoms with Crippen LogP contribution in [0.15, 0.2) is 85.1 Å². The molecule has 32 heavy (non-hydrogen) atoms. The number of nitrogens with one attached hydrogen (secondary N) is 1. The van der Waals surface area contributed by atoms with Crippen molar-refractivity contribution in [3.63, 3.8) is 0 Å². The van der Waals surface area contributed by atoms with Gasteiger partial charge >= 0.3 is 0 Å². The summed E-state index contributed by atoms with van der Waals surface area (Å²) in [6.07, 6.45) is 1.77. The van der Waals surface area contributed by atoms with E-state index in [1.54, 1.807) is 20.4 Å². The molecule has 2 heterocycles. The molecule has 1 atom stereocenters. The topological polar surface area (TPSA) is 52.6 Å². The molecule has 0 saturated heterocycles. The Kier molecular flexibility index (Phi) is 5.38. The highest BCUT2D eigenvalue weighted by molar-refractivity contribution is 5.57. The average Bonchev–Trinajstić information content (AvgIpc) is 2.86. The number of rotatable bonds is 6. The van der Waals surface area contributed by atoms with Crippen LogP contribution in [0.25, 0.3) is 0 Å². The third kappa shape index (κ3) is 3.73. The monoisotopic (exact) mass is 424 g/mol. The van der Waals surface area contributed by atoms with Crippen molar-refractivity contribution < 1.29 is 14.2 Å².